The molecule has 26 heavy (non-hydrogen) atoms. The normalized spacial score (nSPS) is 15.3. The number of halogens is 2. The van der Waals surface area contributed by atoms with E-state index in [9.17, 15) is 9.18 Å². The van der Waals surface area contributed by atoms with E-state index in [2.05, 4.69) is 18.0 Å². The number of aromatic nitrogens is 1. The Bertz CT molecular complexity index is 1040. The number of hydrogen-bond acceptors (Lipinski definition) is 2. The second-order valence-corrected chi connectivity index (χ2v) is 7.01. The van der Waals surface area contributed by atoms with Crippen molar-refractivity contribution in [3.05, 3.63) is 76.7 Å². The monoisotopic (exact) mass is 368 g/mol. The van der Waals surface area contributed by atoms with E-state index in [0.29, 0.717) is 16.1 Å². The number of likely N-dealkylation sites (N-methyl/N-ethyl adjacent to an activating group) is 1. The Morgan fingerprint density at radius 1 is 1.19 bits per heavy atom. The molecule has 0 aliphatic carbocycles. The van der Waals surface area contributed by atoms with Crippen LogP contribution in [0.5, 0.6) is 0 Å². The molecule has 0 saturated carbocycles. The van der Waals surface area contributed by atoms with Crippen LogP contribution in [0.1, 0.15) is 22.3 Å². The first kappa shape index (κ1) is 17.0. The standard InChI is InChI=1S/C21H18ClFN2O/c1-24-10-8-14(9-11-24)18-13-25(20-7-6-15(23)12-17(18)20)21(26)16-4-2-3-5-19(16)22/h2-8,12-13H,9-11H2,1H3. The smallest absolute Gasteiger partial charge is 0.263 e. The second kappa shape index (κ2) is 6.71. The molecule has 0 fully saturated rings. The molecule has 0 unspecified atom stereocenters. The summed E-state index contributed by atoms with van der Waals surface area (Å²) in [6, 6.07) is 11.5. The number of nitrogens with zero attached hydrogens (tertiary/aromatic N) is 2. The lowest BCUT2D eigenvalue weighted by Crippen LogP contribution is -2.23. The average molecular weight is 369 g/mol. The van der Waals surface area contributed by atoms with Crippen LogP contribution in [0.2, 0.25) is 5.02 Å². The fourth-order valence-corrected chi connectivity index (χ4v) is 3.62. The zero-order valence-electron chi connectivity index (χ0n) is 14.4. The molecule has 1 aromatic heterocycles. The minimum atomic E-state index is -0.310. The zero-order valence-corrected chi connectivity index (χ0v) is 15.1. The molecule has 1 aliphatic heterocycles. The van der Waals surface area contributed by atoms with E-state index in [-0.39, 0.29) is 11.7 Å². The number of fused-ring (bicyclic) bond motifs is 1. The summed E-state index contributed by atoms with van der Waals surface area (Å²) in [6.07, 6.45) is 4.83. The third kappa shape index (κ3) is 2.96. The Balaban J connectivity index is 1.89. The minimum Gasteiger partial charge on any atom is -0.302 e. The highest BCUT2D eigenvalue weighted by Gasteiger charge is 2.20. The van der Waals surface area contributed by atoms with Gasteiger partial charge in [-0.15, -0.1) is 0 Å². The number of hydrogen-bond donors (Lipinski definition) is 0. The maximum Gasteiger partial charge on any atom is 0.263 e. The maximum atomic E-state index is 13.9. The quantitative estimate of drug-likeness (QED) is 0.646. The van der Waals surface area contributed by atoms with Crippen LogP contribution in [0.25, 0.3) is 16.5 Å². The van der Waals surface area contributed by atoms with Crippen molar-refractivity contribution in [2.45, 2.75) is 6.42 Å². The van der Waals surface area contributed by atoms with Crippen molar-refractivity contribution in [1.82, 2.24) is 9.47 Å². The van der Waals surface area contributed by atoms with Crippen LogP contribution in [0.3, 0.4) is 0 Å². The molecular formula is C21H18ClFN2O. The molecule has 132 valence electrons. The highest BCUT2D eigenvalue weighted by atomic mass is 35.5. The molecule has 0 saturated heterocycles. The topological polar surface area (TPSA) is 25.2 Å². The molecule has 4 rings (SSSR count). The molecule has 2 aromatic carbocycles. The van der Waals surface area contributed by atoms with Gasteiger partial charge in [-0.2, -0.15) is 0 Å². The summed E-state index contributed by atoms with van der Waals surface area (Å²) in [7, 11) is 2.07. The van der Waals surface area contributed by atoms with Crippen LogP contribution < -0.4 is 0 Å². The summed E-state index contributed by atoms with van der Waals surface area (Å²) in [5.41, 5.74) is 3.17. The maximum absolute atomic E-state index is 13.9. The van der Waals surface area contributed by atoms with Gasteiger partial charge in [-0.25, -0.2) is 4.39 Å². The van der Waals surface area contributed by atoms with E-state index in [1.54, 1.807) is 34.9 Å². The highest BCUT2D eigenvalue weighted by molar-refractivity contribution is 6.34. The minimum absolute atomic E-state index is 0.216. The van der Waals surface area contributed by atoms with E-state index < -0.39 is 0 Å². The SMILES string of the molecule is CN1CC=C(c2cn(C(=O)c3ccccc3Cl)c3ccc(F)cc23)CC1. The molecule has 0 bridgehead atoms. The van der Waals surface area contributed by atoms with E-state index in [0.717, 1.165) is 36.0 Å². The Labute approximate surface area is 156 Å². The van der Waals surface area contributed by atoms with Gasteiger partial charge in [0.25, 0.3) is 5.91 Å². The fraction of sp³-hybridized carbons (Fsp3) is 0.190. The lowest BCUT2D eigenvalue weighted by atomic mass is 9.99. The molecular weight excluding hydrogens is 351 g/mol. The first-order valence-electron chi connectivity index (χ1n) is 8.52. The van der Waals surface area contributed by atoms with Gasteiger partial charge in [-0.3, -0.25) is 9.36 Å². The predicted octanol–water partition coefficient (Wildman–Crippen LogP) is 4.84. The lowest BCUT2D eigenvalue weighted by Gasteiger charge is -2.21. The molecule has 5 heteroatoms. The van der Waals surface area contributed by atoms with Crippen LogP contribution in [0.15, 0.2) is 54.7 Å². The van der Waals surface area contributed by atoms with Gasteiger partial charge in [0.05, 0.1) is 16.1 Å². The van der Waals surface area contributed by atoms with Crippen molar-refractivity contribution < 1.29 is 9.18 Å². The Morgan fingerprint density at radius 3 is 2.73 bits per heavy atom. The van der Waals surface area contributed by atoms with Crippen molar-refractivity contribution in [1.29, 1.82) is 0 Å². The number of carbonyl (C=O) groups excluding carboxylic acids is 1. The average Bonchev–Trinajstić information content (AvgIpc) is 3.01. The number of benzene rings is 2. The van der Waals surface area contributed by atoms with E-state index >= 15 is 0 Å². The Morgan fingerprint density at radius 2 is 2.00 bits per heavy atom. The zero-order chi connectivity index (χ0) is 18.3. The van der Waals surface area contributed by atoms with Crippen LogP contribution in [-0.2, 0) is 0 Å². The largest absolute Gasteiger partial charge is 0.302 e. The van der Waals surface area contributed by atoms with Gasteiger partial charge in [0, 0.05) is 30.2 Å². The summed E-state index contributed by atoms with van der Waals surface area (Å²) in [4.78, 5) is 15.3. The number of rotatable bonds is 2. The van der Waals surface area contributed by atoms with Crippen LogP contribution in [0.4, 0.5) is 4.39 Å². The summed E-state index contributed by atoms with van der Waals surface area (Å²) in [5, 5.41) is 1.16. The fourth-order valence-electron chi connectivity index (χ4n) is 3.41. The molecule has 1 aliphatic rings. The lowest BCUT2D eigenvalue weighted by molar-refractivity contribution is 0.0965. The van der Waals surface area contributed by atoms with Gasteiger partial charge >= 0.3 is 0 Å². The molecule has 2 heterocycles. The van der Waals surface area contributed by atoms with Crippen LogP contribution in [0, 0.1) is 5.82 Å². The predicted molar refractivity (Wildman–Crippen MR) is 103 cm³/mol. The molecule has 0 atom stereocenters. The second-order valence-electron chi connectivity index (χ2n) is 6.60. The van der Waals surface area contributed by atoms with Crippen molar-refractivity contribution in [3.8, 4) is 0 Å². The van der Waals surface area contributed by atoms with Gasteiger partial charge in [0.15, 0.2) is 0 Å². The molecule has 0 amide bonds. The van der Waals surface area contributed by atoms with E-state index in [1.807, 2.05) is 6.20 Å². The van der Waals surface area contributed by atoms with Gasteiger partial charge < -0.3 is 4.90 Å². The van der Waals surface area contributed by atoms with E-state index in [1.165, 1.54) is 12.1 Å². The van der Waals surface area contributed by atoms with Gasteiger partial charge in [-0.1, -0.05) is 29.8 Å². The van der Waals surface area contributed by atoms with Crippen molar-refractivity contribution in [2.75, 3.05) is 20.1 Å². The number of carbonyl (C=O) groups is 1. The molecule has 0 N–H and O–H groups in total. The highest BCUT2D eigenvalue weighted by Crippen LogP contribution is 2.32. The summed E-state index contributed by atoms with van der Waals surface area (Å²) < 4.78 is 15.5. The van der Waals surface area contributed by atoms with Crippen molar-refractivity contribution in [2.24, 2.45) is 0 Å². The van der Waals surface area contributed by atoms with Crippen molar-refractivity contribution >= 4 is 34.0 Å². The third-order valence-electron chi connectivity index (χ3n) is 4.85. The molecule has 3 nitrogen and oxygen atoms in total. The summed E-state index contributed by atoms with van der Waals surface area (Å²) >= 11 is 6.21. The van der Waals surface area contributed by atoms with Crippen LogP contribution >= 0.6 is 11.6 Å². The van der Waals surface area contributed by atoms with E-state index in [4.69, 9.17) is 11.6 Å². The van der Waals surface area contributed by atoms with Gasteiger partial charge in [0.1, 0.15) is 5.82 Å². The molecule has 3 aromatic rings. The van der Waals surface area contributed by atoms with Gasteiger partial charge in [0.2, 0.25) is 0 Å². The van der Waals surface area contributed by atoms with Gasteiger partial charge in [-0.05, 0) is 49.4 Å². The summed E-state index contributed by atoms with van der Waals surface area (Å²) in [6.45, 7) is 1.78. The first-order chi connectivity index (χ1) is 12.5. The molecule has 0 spiro atoms. The molecule has 0 radical (unpaired) electrons. The summed E-state index contributed by atoms with van der Waals surface area (Å²) in [5.74, 6) is -0.526. The first-order valence-corrected chi connectivity index (χ1v) is 8.90. The van der Waals surface area contributed by atoms with Crippen LogP contribution in [-0.4, -0.2) is 35.5 Å². The Kier molecular flexibility index (Phi) is 4.39. The Hall–Kier alpha value is -2.43. The van der Waals surface area contributed by atoms with Crippen molar-refractivity contribution in [3.63, 3.8) is 0 Å². The third-order valence-corrected chi connectivity index (χ3v) is 5.18.